The predicted octanol–water partition coefficient (Wildman–Crippen LogP) is 12.7. The highest BCUT2D eigenvalue weighted by molar-refractivity contribution is 5.84. The summed E-state index contributed by atoms with van der Waals surface area (Å²) < 4.78 is 0. The van der Waals surface area contributed by atoms with Gasteiger partial charge in [-0.25, -0.2) is 0 Å². The van der Waals surface area contributed by atoms with Crippen molar-refractivity contribution in [2.75, 3.05) is 13.1 Å². The summed E-state index contributed by atoms with van der Waals surface area (Å²) in [6.07, 6.45) is 45.4. The van der Waals surface area contributed by atoms with Crippen LogP contribution in [0.1, 0.15) is 165 Å². The molecule has 5 heteroatoms. The van der Waals surface area contributed by atoms with Gasteiger partial charge in [-0.1, -0.05) is 140 Å². The Morgan fingerprint density at radius 2 is 1.27 bits per heavy atom. The first-order valence-electron chi connectivity index (χ1n) is 24.0. The molecule has 10 atom stereocenters. The third-order valence-electron chi connectivity index (χ3n) is 17.3. The summed E-state index contributed by atoms with van der Waals surface area (Å²) in [4.78, 5) is 27.2. The number of hydrogen-bond donors (Lipinski definition) is 3. The topological polar surface area (TPSA) is 78.4 Å². The van der Waals surface area contributed by atoms with Gasteiger partial charge in [0.15, 0.2) is 0 Å². The molecular weight excluding hydrogens is 725 g/mol. The maximum atomic E-state index is 14.5. The third kappa shape index (κ3) is 10.1. The number of aliphatic hydroxyl groups excluding tert-OH is 1. The number of carbonyl (C=O) groups is 2. The number of allylic oxidation sites excluding steroid dienone is 14. The van der Waals surface area contributed by atoms with E-state index < -0.39 is 0 Å². The van der Waals surface area contributed by atoms with Crippen LogP contribution < -0.4 is 10.6 Å². The smallest absolute Gasteiger partial charge is 0.226 e. The van der Waals surface area contributed by atoms with Crippen LogP contribution in [-0.2, 0) is 9.59 Å². The molecule has 3 N–H and O–H groups in total. The molecule has 328 valence electrons. The van der Waals surface area contributed by atoms with Gasteiger partial charge < -0.3 is 15.7 Å². The van der Waals surface area contributed by atoms with Gasteiger partial charge >= 0.3 is 0 Å². The Hall–Kier alpha value is -2.92. The van der Waals surface area contributed by atoms with Crippen LogP contribution in [0, 0.1) is 56.7 Å². The highest BCUT2D eigenvalue weighted by Gasteiger charge is 2.69. The molecule has 0 saturated heterocycles. The SMILES string of the molecule is CC/C=C\C/C=C\C/C=C\C/C=C\C/C=C\C/C=C\CCC(=O)NCCNC(=O)[C@]12CC[C@@H](C)[C@H](C)C1C1=CCC3[C@@]4(C)CC[C@H](O)C(C)(C)C4CC[C@@]3(C)[C@]1(C)CC2. The van der Waals surface area contributed by atoms with Gasteiger partial charge in [-0.2, -0.15) is 0 Å². The van der Waals surface area contributed by atoms with E-state index in [9.17, 15) is 14.7 Å². The summed E-state index contributed by atoms with van der Waals surface area (Å²) in [5.74, 6) is 2.67. The minimum absolute atomic E-state index is 0.0396. The van der Waals surface area contributed by atoms with Crippen molar-refractivity contribution in [3.05, 3.63) is 84.6 Å². The summed E-state index contributed by atoms with van der Waals surface area (Å²) in [6.45, 7) is 20.4. The van der Waals surface area contributed by atoms with E-state index in [-0.39, 0.29) is 50.9 Å². The number of aliphatic hydroxyl groups is 1. The van der Waals surface area contributed by atoms with Gasteiger partial charge in [-0.05, 0) is 154 Å². The van der Waals surface area contributed by atoms with Crippen LogP contribution in [0.25, 0.3) is 0 Å². The van der Waals surface area contributed by atoms with Gasteiger partial charge in [0.1, 0.15) is 0 Å². The zero-order valence-electron chi connectivity index (χ0n) is 38.7. The Morgan fingerprint density at radius 1 is 0.695 bits per heavy atom. The molecule has 0 bridgehead atoms. The monoisotopic (exact) mass is 809 g/mol. The quantitative estimate of drug-likeness (QED) is 0.0953. The number of fused-ring (bicyclic) bond motifs is 7. The van der Waals surface area contributed by atoms with Gasteiger partial charge in [-0.15, -0.1) is 0 Å². The number of carbonyl (C=O) groups excluding carboxylic acids is 2. The molecule has 0 radical (unpaired) electrons. The second kappa shape index (κ2) is 20.8. The number of hydrogen-bond acceptors (Lipinski definition) is 3. The average Bonchev–Trinajstić information content (AvgIpc) is 3.20. The molecule has 3 unspecified atom stereocenters. The largest absolute Gasteiger partial charge is 0.393 e. The fourth-order valence-corrected chi connectivity index (χ4v) is 13.4. The third-order valence-corrected chi connectivity index (χ3v) is 17.3. The summed E-state index contributed by atoms with van der Waals surface area (Å²) >= 11 is 0. The molecule has 0 aromatic rings. The van der Waals surface area contributed by atoms with Crippen molar-refractivity contribution in [2.45, 2.75) is 171 Å². The van der Waals surface area contributed by atoms with E-state index in [1.54, 1.807) is 5.57 Å². The maximum Gasteiger partial charge on any atom is 0.226 e. The molecule has 5 aliphatic carbocycles. The normalized spacial score (nSPS) is 36.9. The molecule has 4 fully saturated rings. The Bertz CT molecular complexity index is 1630. The molecule has 2 amide bonds. The minimum Gasteiger partial charge on any atom is -0.393 e. The second-order valence-corrected chi connectivity index (χ2v) is 20.7. The van der Waals surface area contributed by atoms with Crippen LogP contribution in [0.2, 0.25) is 0 Å². The van der Waals surface area contributed by atoms with Crippen molar-refractivity contribution in [1.82, 2.24) is 10.6 Å². The first kappa shape index (κ1) is 47.1. The van der Waals surface area contributed by atoms with Crippen molar-refractivity contribution in [3.63, 3.8) is 0 Å². The molecule has 0 heterocycles. The molecule has 0 aliphatic heterocycles. The van der Waals surface area contributed by atoms with Crippen LogP contribution in [0.3, 0.4) is 0 Å². The second-order valence-electron chi connectivity index (χ2n) is 20.7. The molecule has 0 aromatic carbocycles. The Labute approximate surface area is 360 Å². The summed E-state index contributed by atoms with van der Waals surface area (Å²) in [5, 5.41) is 17.5. The van der Waals surface area contributed by atoms with Gasteiger partial charge in [-0.3, -0.25) is 9.59 Å². The highest BCUT2D eigenvalue weighted by Crippen LogP contribution is 2.75. The van der Waals surface area contributed by atoms with E-state index in [1.807, 2.05) is 0 Å². The number of rotatable bonds is 18. The van der Waals surface area contributed by atoms with Gasteiger partial charge in [0.2, 0.25) is 11.8 Å². The standard InChI is InChI=1S/C54H84N2O3/c1-9-10-11-12-13-14-15-16-17-18-19-20-21-22-23-24-25-26-27-28-47(58)55-39-40-56-49(59)54-36-31-41(2)42(3)48(54)43-29-30-45-51(6)34-33-46(57)50(4,5)44(51)32-35-53(45,8)52(43,7)37-38-54/h10-11,13-14,16-17,19-20,22-23,25-26,29,41-42,44-46,48,57H,9,12,15,18,21,24,27-28,30-40H2,1-8H3,(H,55,58)(H,56,59)/b11-10-,14-13-,17-16-,20-19-,23-22-,26-25-/t41-,42+,44?,45?,46+,48?,51+,52-,53-,54+/m1/s1. The predicted molar refractivity (Wildman–Crippen MR) is 248 cm³/mol. The Balaban J connectivity index is 1.06. The summed E-state index contributed by atoms with van der Waals surface area (Å²) in [6, 6.07) is 0. The fourth-order valence-electron chi connectivity index (χ4n) is 13.4. The molecular formula is C54H84N2O3. The highest BCUT2D eigenvalue weighted by atomic mass is 16.3. The van der Waals surface area contributed by atoms with Crippen LogP contribution in [-0.4, -0.2) is 36.1 Å². The number of nitrogens with one attached hydrogen (secondary N) is 2. The lowest BCUT2D eigenvalue weighted by Gasteiger charge is -2.71. The van der Waals surface area contributed by atoms with Crippen molar-refractivity contribution >= 4 is 11.8 Å². The van der Waals surface area contributed by atoms with E-state index in [0.717, 1.165) is 89.9 Å². The van der Waals surface area contributed by atoms with E-state index in [1.165, 1.54) is 12.8 Å². The maximum absolute atomic E-state index is 14.5. The lowest BCUT2D eigenvalue weighted by Crippen LogP contribution is -2.66. The van der Waals surface area contributed by atoms with Gasteiger partial charge in [0.05, 0.1) is 11.5 Å². The van der Waals surface area contributed by atoms with Crippen molar-refractivity contribution < 1.29 is 14.7 Å². The molecule has 4 saturated carbocycles. The Morgan fingerprint density at radius 3 is 1.88 bits per heavy atom. The lowest BCUT2D eigenvalue weighted by atomic mass is 9.33. The molecule has 59 heavy (non-hydrogen) atoms. The molecule has 0 aromatic heterocycles. The first-order valence-corrected chi connectivity index (χ1v) is 24.0. The Kier molecular flexibility index (Phi) is 16.6. The van der Waals surface area contributed by atoms with Crippen molar-refractivity contribution in [2.24, 2.45) is 56.7 Å². The van der Waals surface area contributed by atoms with Crippen LogP contribution in [0.4, 0.5) is 0 Å². The van der Waals surface area contributed by atoms with E-state index in [4.69, 9.17) is 0 Å². The van der Waals surface area contributed by atoms with Crippen LogP contribution in [0.15, 0.2) is 84.6 Å². The number of amides is 2. The van der Waals surface area contributed by atoms with Crippen LogP contribution >= 0.6 is 0 Å². The molecule has 0 spiro atoms. The molecule has 5 nitrogen and oxygen atoms in total. The van der Waals surface area contributed by atoms with Gasteiger partial charge in [0, 0.05) is 19.5 Å². The van der Waals surface area contributed by atoms with E-state index in [2.05, 4.69) is 145 Å². The summed E-state index contributed by atoms with van der Waals surface area (Å²) in [5.41, 5.74) is 1.63. The minimum atomic E-state index is -0.376. The lowest BCUT2D eigenvalue weighted by molar-refractivity contribution is -0.204. The van der Waals surface area contributed by atoms with Gasteiger partial charge in [0.25, 0.3) is 0 Å². The van der Waals surface area contributed by atoms with Crippen molar-refractivity contribution in [3.8, 4) is 0 Å². The average molecular weight is 809 g/mol. The molecule has 5 rings (SSSR count). The fraction of sp³-hybridized carbons (Fsp3) is 0.704. The van der Waals surface area contributed by atoms with E-state index in [0.29, 0.717) is 43.2 Å². The summed E-state index contributed by atoms with van der Waals surface area (Å²) in [7, 11) is 0. The first-order chi connectivity index (χ1) is 28.2. The molecule has 5 aliphatic rings. The van der Waals surface area contributed by atoms with E-state index >= 15 is 0 Å². The zero-order chi connectivity index (χ0) is 42.7. The van der Waals surface area contributed by atoms with Crippen LogP contribution in [0.5, 0.6) is 0 Å². The zero-order valence-corrected chi connectivity index (χ0v) is 38.7. The van der Waals surface area contributed by atoms with Crippen molar-refractivity contribution in [1.29, 1.82) is 0 Å².